The van der Waals surface area contributed by atoms with Gasteiger partial charge < -0.3 is 0 Å². The van der Waals surface area contributed by atoms with Gasteiger partial charge in [-0.3, -0.25) is 0 Å². The monoisotopic (exact) mass is 230 g/mol. The highest BCUT2D eigenvalue weighted by Gasteiger charge is 2.05. The van der Waals surface area contributed by atoms with E-state index in [0.717, 1.165) is 17.0 Å². The Morgan fingerprint density at radius 2 is 1.75 bits per heavy atom. The van der Waals surface area contributed by atoms with Crippen molar-refractivity contribution in [3.8, 4) is 11.1 Å². The lowest BCUT2D eigenvalue weighted by atomic mass is 9.99. The van der Waals surface area contributed by atoms with Crippen LogP contribution in [0, 0.1) is 6.92 Å². The van der Waals surface area contributed by atoms with Gasteiger partial charge in [-0.1, -0.05) is 54.9 Å². The van der Waals surface area contributed by atoms with E-state index in [2.05, 4.69) is 44.2 Å². The lowest BCUT2D eigenvalue weighted by Gasteiger charge is -2.09. The molecule has 0 heterocycles. The van der Waals surface area contributed by atoms with E-state index in [1.165, 1.54) is 16.7 Å². The fraction of sp³-hybridized carbons (Fsp3) is 0.200. The van der Waals surface area contributed by atoms with Crippen molar-refractivity contribution in [2.75, 3.05) is 0 Å². The summed E-state index contributed by atoms with van der Waals surface area (Å²) in [5.74, 6) is 0. The first kappa shape index (κ1) is 11.2. The zero-order valence-electron chi connectivity index (χ0n) is 9.63. The fourth-order valence-electron chi connectivity index (χ4n) is 1.87. The Morgan fingerprint density at radius 3 is 2.38 bits per heavy atom. The number of hydrogen-bond acceptors (Lipinski definition) is 0. The number of benzene rings is 2. The van der Waals surface area contributed by atoms with Crippen molar-refractivity contribution < 1.29 is 0 Å². The average molecular weight is 231 g/mol. The summed E-state index contributed by atoms with van der Waals surface area (Å²) < 4.78 is 0. The molecule has 0 nitrogen and oxygen atoms in total. The maximum absolute atomic E-state index is 6.31. The normalized spacial score (nSPS) is 10.4. The predicted molar refractivity (Wildman–Crippen MR) is 71.0 cm³/mol. The van der Waals surface area contributed by atoms with Crippen LogP contribution in [0.15, 0.2) is 42.5 Å². The van der Waals surface area contributed by atoms with Gasteiger partial charge in [-0.2, -0.15) is 0 Å². The highest BCUT2D eigenvalue weighted by atomic mass is 35.5. The molecular formula is C15H15Cl. The summed E-state index contributed by atoms with van der Waals surface area (Å²) in [4.78, 5) is 0. The van der Waals surface area contributed by atoms with E-state index >= 15 is 0 Å². The first-order valence-corrected chi connectivity index (χ1v) is 5.94. The van der Waals surface area contributed by atoms with E-state index < -0.39 is 0 Å². The minimum Gasteiger partial charge on any atom is -0.0837 e. The minimum absolute atomic E-state index is 0.841. The van der Waals surface area contributed by atoms with E-state index in [1.54, 1.807) is 0 Å². The van der Waals surface area contributed by atoms with Gasteiger partial charge in [-0.25, -0.2) is 0 Å². The minimum atomic E-state index is 0.841. The van der Waals surface area contributed by atoms with E-state index in [0.29, 0.717) is 0 Å². The van der Waals surface area contributed by atoms with E-state index in [9.17, 15) is 0 Å². The van der Waals surface area contributed by atoms with Crippen molar-refractivity contribution in [2.45, 2.75) is 20.3 Å². The lowest BCUT2D eigenvalue weighted by molar-refractivity contribution is 1.14. The molecule has 0 radical (unpaired) electrons. The highest BCUT2D eigenvalue weighted by Crippen LogP contribution is 2.30. The summed E-state index contributed by atoms with van der Waals surface area (Å²) in [6.07, 6.45) is 1.02. The third-order valence-corrected chi connectivity index (χ3v) is 3.19. The van der Waals surface area contributed by atoms with Gasteiger partial charge in [0.2, 0.25) is 0 Å². The summed E-state index contributed by atoms with van der Waals surface area (Å²) in [7, 11) is 0. The molecule has 0 N–H and O–H groups in total. The number of aryl methyl sites for hydroxylation is 2. The molecule has 0 atom stereocenters. The van der Waals surface area contributed by atoms with Crippen molar-refractivity contribution in [2.24, 2.45) is 0 Å². The summed E-state index contributed by atoms with van der Waals surface area (Å²) in [6.45, 7) is 4.25. The molecule has 1 heteroatoms. The second-order valence-electron chi connectivity index (χ2n) is 3.98. The topological polar surface area (TPSA) is 0 Å². The smallest absolute Gasteiger partial charge is 0.0487 e. The average Bonchev–Trinajstić information content (AvgIpc) is 2.30. The van der Waals surface area contributed by atoms with Gasteiger partial charge >= 0.3 is 0 Å². The van der Waals surface area contributed by atoms with Crippen LogP contribution in [-0.4, -0.2) is 0 Å². The van der Waals surface area contributed by atoms with Gasteiger partial charge in [-0.15, -0.1) is 0 Å². The molecule has 2 rings (SSSR count). The Labute approximate surface area is 102 Å². The SMILES string of the molecule is CCc1ccc(-c2ccccc2C)c(Cl)c1. The van der Waals surface area contributed by atoms with Crippen LogP contribution in [0.1, 0.15) is 18.1 Å². The third kappa shape index (κ3) is 2.12. The molecule has 0 amide bonds. The predicted octanol–water partition coefficient (Wildman–Crippen LogP) is 4.88. The third-order valence-electron chi connectivity index (χ3n) is 2.88. The van der Waals surface area contributed by atoms with Crippen molar-refractivity contribution in [3.05, 3.63) is 58.6 Å². The van der Waals surface area contributed by atoms with Crippen LogP contribution >= 0.6 is 11.6 Å². The van der Waals surface area contributed by atoms with E-state index in [1.807, 2.05) is 12.1 Å². The molecule has 0 unspecified atom stereocenters. The van der Waals surface area contributed by atoms with Crippen LogP contribution in [-0.2, 0) is 6.42 Å². The van der Waals surface area contributed by atoms with Crippen molar-refractivity contribution in [3.63, 3.8) is 0 Å². The second-order valence-corrected chi connectivity index (χ2v) is 4.39. The zero-order chi connectivity index (χ0) is 11.5. The molecule has 0 aliphatic carbocycles. The Kier molecular flexibility index (Phi) is 3.31. The molecule has 16 heavy (non-hydrogen) atoms. The molecule has 2 aromatic carbocycles. The van der Waals surface area contributed by atoms with Crippen LogP contribution in [0.5, 0.6) is 0 Å². The van der Waals surface area contributed by atoms with Gasteiger partial charge in [0.15, 0.2) is 0 Å². The Morgan fingerprint density at radius 1 is 1.00 bits per heavy atom. The van der Waals surface area contributed by atoms with Gasteiger partial charge in [0.05, 0.1) is 0 Å². The molecule has 82 valence electrons. The van der Waals surface area contributed by atoms with Gasteiger partial charge in [0.1, 0.15) is 0 Å². The first-order chi connectivity index (χ1) is 7.72. The Hall–Kier alpha value is -1.27. The molecular weight excluding hydrogens is 216 g/mol. The standard InChI is InChI=1S/C15H15Cl/c1-3-12-8-9-14(15(16)10-12)13-7-5-4-6-11(13)2/h4-10H,3H2,1-2H3. The molecule has 0 aliphatic heterocycles. The molecule has 0 saturated carbocycles. The van der Waals surface area contributed by atoms with Gasteiger partial charge in [-0.05, 0) is 36.1 Å². The Balaban J connectivity index is 2.53. The molecule has 0 aliphatic rings. The van der Waals surface area contributed by atoms with Crippen LogP contribution < -0.4 is 0 Å². The first-order valence-electron chi connectivity index (χ1n) is 5.57. The fourth-order valence-corrected chi connectivity index (χ4v) is 2.18. The number of rotatable bonds is 2. The molecule has 0 saturated heterocycles. The van der Waals surface area contributed by atoms with Crippen molar-refractivity contribution in [1.29, 1.82) is 0 Å². The van der Waals surface area contributed by atoms with Crippen LogP contribution in [0.4, 0.5) is 0 Å². The van der Waals surface area contributed by atoms with Crippen molar-refractivity contribution >= 4 is 11.6 Å². The lowest BCUT2D eigenvalue weighted by Crippen LogP contribution is -1.86. The van der Waals surface area contributed by atoms with Gasteiger partial charge in [0, 0.05) is 10.6 Å². The maximum Gasteiger partial charge on any atom is 0.0487 e. The van der Waals surface area contributed by atoms with Crippen LogP contribution in [0.2, 0.25) is 5.02 Å². The number of halogens is 1. The summed E-state index contributed by atoms with van der Waals surface area (Å²) in [5.41, 5.74) is 4.88. The number of hydrogen-bond donors (Lipinski definition) is 0. The summed E-state index contributed by atoms with van der Waals surface area (Å²) in [5, 5.41) is 0.841. The maximum atomic E-state index is 6.31. The van der Waals surface area contributed by atoms with E-state index in [4.69, 9.17) is 11.6 Å². The molecule has 0 bridgehead atoms. The van der Waals surface area contributed by atoms with Crippen molar-refractivity contribution in [1.82, 2.24) is 0 Å². The van der Waals surface area contributed by atoms with Crippen LogP contribution in [0.25, 0.3) is 11.1 Å². The van der Waals surface area contributed by atoms with Crippen LogP contribution in [0.3, 0.4) is 0 Å². The molecule has 2 aromatic rings. The zero-order valence-corrected chi connectivity index (χ0v) is 10.4. The summed E-state index contributed by atoms with van der Waals surface area (Å²) in [6, 6.07) is 14.6. The van der Waals surface area contributed by atoms with Gasteiger partial charge in [0.25, 0.3) is 0 Å². The Bertz CT molecular complexity index is 501. The quantitative estimate of drug-likeness (QED) is 0.690. The largest absolute Gasteiger partial charge is 0.0837 e. The molecule has 0 aromatic heterocycles. The molecule has 0 spiro atoms. The molecule has 0 fully saturated rings. The van der Waals surface area contributed by atoms with E-state index in [-0.39, 0.29) is 0 Å². The highest BCUT2D eigenvalue weighted by molar-refractivity contribution is 6.33. The second kappa shape index (κ2) is 4.71. The summed E-state index contributed by atoms with van der Waals surface area (Å²) >= 11 is 6.31.